The van der Waals surface area contributed by atoms with Gasteiger partial charge < -0.3 is 10.1 Å². The standard InChI is InChI=1S/C19H26N4O/c1-2-7-19(8-3-1)12-17(6-11-24-19)22-18-13-21-23(15-18)14-16-4-9-20-10-5-16/h4-5,9-10,13,15,17,22H,1-3,6-8,11-12,14H2. The molecule has 3 heterocycles. The molecular weight excluding hydrogens is 300 g/mol. The fraction of sp³-hybridized carbons (Fsp3) is 0.579. The van der Waals surface area contributed by atoms with Crippen LogP contribution in [0, 0.1) is 0 Å². The topological polar surface area (TPSA) is 52.0 Å². The van der Waals surface area contributed by atoms with E-state index in [0.29, 0.717) is 6.04 Å². The van der Waals surface area contributed by atoms with Crippen molar-refractivity contribution in [2.24, 2.45) is 0 Å². The fourth-order valence-electron chi connectivity index (χ4n) is 4.13. The van der Waals surface area contributed by atoms with Gasteiger partial charge in [-0.3, -0.25) is 9.67 Å². The minimum atomic E-state index is 0.140. The second-order valence-corrected chi connectivity index (χ2v) is 7.21. The number of anilines is 1. The normalized spacial score (nSPS) is 23.2. The highest BCUT2D eigenvalue weighted by Gasteiger charge is 2.38. The molecule has 1 spiro atoms. The van der Waals surface area contributed by atoms with E-state index in [-0.39, 0.29) is 5.60 Å². The van der Waals surface area contributed by atoms with E-state index in [0.717, 1.165) is 31.7 Å². The summed E-state index contributed by atoms with van der Waals surface area (Å²) in [6, 6.07) is 4.55. The molecule has 128 valence electrons. The van der Waals surface area contributed by atoms with Crippen LogP contribution in [0.15, 0.2) is 36.9 Å². The van der Waals surface area contributed by atoms with Crippen molar-refractivity contribution >= 4 is 5.69 Å². The number of nitrogens with one attached hydrogen (secondary N) is 1. The Balaban J connectivity index is 1.37. The number of pyridine rings is 1. The number of hydrogen-bond acceptors (Lipinski definition) is 4. The molecule has 1 atom stereocenters. The lowest BCUT2D eigenvalue weighted by Crippen LogP contribution is -2.45. The minimum Gasteiger partial charge on any atom is -0.380 e. The SMILES string of the molecule is c1cc(Cn2cc(NC3CCOC4(CCCCC4)C3)cn2)ccn1. The third kappa shape index (κ3) is 3.61. The molecule has 5 heteroatoms. The highest BCUT2D eigenvalue weighted by atomic mass is 16.5. The molecule has 0 amide bonds. The number of hydrogen-bond donors (Lipinski definition) is 1. The van der Waals surface area contributed by atoms with Crippen molar-refractivity contribution in [3.8, 4) is 0 Å². The van der Waals surface area contributed by atoms with Crippen LogP contribution >= 0.6 is 0 Å². The van der Waals surface area contributed by atoms with Crippen LogP contribution in [0.4, 0.5) is 5.69 Å². The summed E-state index contributed by atoms with van der Waals surface area (Å²) in [6.07, 6.45) is 16.3. The highest BCUT2D eigenvalue weighted by molar-refractivity contribution is 5.39. The van der Waals surface area contributed by atoms with E-state index in [1.165, 1.54) is 37.7 Å². The quantitative estimate of drug-likeness (QED) is 0.932. The Morgan fingerprint density at radius 1 is 1.21 bits per heavy atom. The Kier molecular flexibility index (Phi) is 4.52. The molecule has 2 aromatic heterocycles. The number of ether oxygens (including phenoxy) is 1. The second kappa shape index (κ2) is 6.93. The van der Waals surface area contributed by atoms with E-state index in [9.17, 15) is 0 Å². The maximum absolute atomic E-state index is 6.19. The van der Waals surface area contributed by atoms with Crippen molar-refractivity contribution in [3.63, 3.8) is 0 Å². The Morgan fingerprint density at radius 2 is 2.04 bits per heavy atom. The van der Waals surface area contributed by atoms with Gasteiger partial charge in [0.2, 0.25) is 0 Å². The average Bonchev–Trinajstić information content (AvgIpc) is 3.03. The molecule has 24 heavy (non-hydrogen) atoms. The van der Waals surface area contributed by atoms with Gasteiger partial charge in [0.1, 0.15) is 0 Å². The van der Waals surface area contributed by atoms with Crippen LogP contribution in [0.3, 0.4) is 0 Å². The molecule has 1 aliphatic carbocycles. The lowest BCUT2D eigenvalue weighted by Gasteiger charge is -2.43. The van der Waals surface area contributed by atoms with E-state index in [2.05, 4.69) is 21.6 Å². The molecule has 2 aromatic rings. The van der Waals surface area contributed by atoms with Crippen molar-refractivity contribution in [1.29, 1.82) is 0 Å². The van der Waals surface area contributed by atoms with Gasteiger partial charge in [0.25, 0.3) is 0 Å². The van der Waals surface area contributed by atoms with Gasteiger partial charge in [-0.2, -0.15) is 5.10 Å². The summed E-state index contributed by atoms with van der Waals surface area (Å²) in [6.45, 7) is 1.66. The van der Waals surface area contributed by atoms with Gasteiger partial charge in [-0.25, -0.2) is 0 Å². The summed E-state index contributed by atoms with van der Waals surface area (Å²) in [5.74, 6) is 0. The summed E-state index contributed by atoms with van der Waals surface area (Å²) < 4.78 is 8.17. The Hall–Kier alpha value is -1.88. The first-order valence-corrected chi connectivity index (χ1v) is 9.13. The molecule has 1 saturated heterocycles. The molecule has 5 nitrogen and oxygen atoms in total. The summed E-state index contributed by atoms with van der Waals surface area (Å²) >= 11 is 0. The first-order valence-electron chi connectivity index (χ1n) is 9.13. The van der Waals surface area contributed by atoms with Crippen molar-refractivity contribution in [2.45, 2.75) is 63.1 Å². The van der Waals surface area contributed by atoms with Crippen LogP contribution in [0.2, 0.25) is 0 Å². The van der Waals surface area contributed by atoms with Gasteiger partial charge >= 0.3 is 0 Å². The summed E-state index contributed by atoms with van der Waals surface area (Å²) in [4.78, 5) is 4.06. The van der Waals surface area contributed by atoms with Crippen LogP contribution < -0.4 is 5.32 Å². The average molecular weight is 326 g/mol. The second-order valence-electron chi connectivity index (χ2n) is 7.21. The van der Waals surface area contributed by atoms with E-state index in [1.807, 2.05) is 35.4 Å². The van der Waals surface area contributed by atoms with Gasteiger partial charge in [-0.1, -0.05) is 19.3 Å². The molecule has 2 fully saturated rings. The molecule has 4 rings (SSSR count). The van der Waals surface area contributed by atoms with Gasteiger partial charge in [-0.05, 0) is 43.4 Å². The monoisotopic (exact) mass is 326 g/mol. The molecule has 1 aliphatic heterocycles. The third-order valence-electron chi connectivity index (χ3n) is 5.36. The molecular formula is C19H26N4O. The van der Waals surface area contributed by atoms with E-state index in [1.54, 1.807) is 0 Å². The Bertz CT molecular complexity index is 643. The van der Waals surface area contributed by atoms with Crippen LogP contribution in [0.25, 0.3) is 0 Å². The maximum Gasteiger partial charge on any atom is 0.0728 e. The molecule has 1 saturated carbocycles. The smallest absolute Gasteiger partial charge is 0.0728 e. The predicted molar refractivity (Wildman–Crippen MR) is 94.0 cm³/mol. The zero-order valence-corrected chi connectivity index (χ0v) is 14.2. The molecule has 1 N–H and O–H groups in total. The Morgan fingerprint density at radius 3 is 2.88 bits per heavy atom. The number of rotatable bonds is 4. The number of aromatic nitrogens is 3. The predicted octanol–water partition coefficient (Wildman–Crippen LogP) is 3.62. The molecule has 0 radical (unpaired) electrons. The van der Waals surface area contributed by atoms with Crippen LogP contribution in [-0.2, 0) is 11.3 Å². The molecule has 0 bridgehead atoms. The third-order valence-corrected chi connectivity index (χ3v) is 5.36. The van der Waals surface area contributed by atoms with Crippen LogP contribution in [0.1, 0.15) is 50.5 Å². The Labute approximate surface area is 143 Å². The van der Waals surface area contributed by atoms with Crippen LogP contribution in [0.5, 0.6) is 0 Å². The van der Waals surface area contributed by atoms with Crippen LogP contribution in [-0.4, -0.2) is 33.0 Å². The van der Waals surface area contributed by atoms with Crippen molar-refractivity contribution in [2.75, 3.05) is 11.9 Å². The zero-order valence-electron chi connectivity index (χ0n) is 14.2. The van der Waals surface area contributed by atoms with Crippen molar-refractivity contribution in [3.05, 3.63) is 42.5 Å². The lowest BCUT2D eigenvalue weighted by molar-refractivity contribution is -0.103. The maximum atomic E-state index is 6.19. The van der Waals surface area contributed by atoms with Gasteiger partial charge in [-0.15, -0.1) is 0 Å². The summed E-state index contributed by atoms with van der Waals surface area (Å²) in [7, 11) is 0. The van der Waals surface area contributed by atoms with Crippen molar-refractivity contribution < 1.29 is 4.74 Å². The fourth-order valence-corrected chi connectivity index (χ4v) is 4.13. The van der Waals surface area contributed by atoms with Gasteiger partial charge in [0.05, 0.1) is 24.0 Å². The molecule has 2 aliphatic rings. The number of nitrogens with zero attached hydrogens (tertiary/aromatic N) is 3. The minimum absolute atomic E-state index is 0.140. The van der Waals surface area contributed by atoms with E-state index in [4.69, 9.17) is 4.74 Å². The first kappa shape index (κ1) is 15.6. The van der Waals surface area contributed by atoms with E-state index < -0.39 is 0 Å². The summed E-state index contributed by atoms with van der Waals surface area (Å²) in [5, 5.41) is 8.17. The first-order chi connectivity index (χ1) is 11.8. The highest BCUT2D eigenvalue weighted by Crippen LogP contribution is 2.39. The van der Waals surface area contributed by atoms with Gasteiger partial charge in [0.15, 0.2) is 0 Å². The largest absolute Gasteiger partial charge is 0.380 e. The van der Waals surface area contributed by atoms with Gasteiger partial charge in [0, 0.05) is 31.2 Å². The van der Waals surface area contributed by atoms with Crippen molar-refractivity contribution in [1.82, 2.24) is 14.8 Å². The van der Waals surface area contributed by atoms with E-state index >= 15 is 0 Å². The molecule has 0 aromatic carbocycles. The zero-order chi connectivity index (χ0) is 16.2. The molecule has 1 unspecified atom stereocenters. The summed E-state index contributed by atoms with van der Waals surface area (Å²) in [5.41, 5.74) is 2.47. The lowest BCUT2D eigenvalue weighted by atomic mass is 9.78.